The van der Waals surface area contributed by atoms with Crippen LogP contribution in [0.4, 0.5) is 0 Å². The Morgan fingerprint density at radius 3 is 2.42 bits per heavy atom. The third kappa shape index (κ3) is 4.49. The van der Waals surface area contributed by atoms with Crippen molar-refractivity contribution in [3.05, 3.63) is 90.4 Å². The smallest absolute Gasteiger partial charge is 0.244 e. The van der Waals surface area contributed by atoms with Gasteiger partial charge in [-0.3, -0.25) is 4.79 Å². The number of furan rings is 1. The van der Waals surface area contributed by atoms with Crippen LogP contribution >= 0.6 is 0 Å². The SMILES string of the molecule is CC(O)(CNC(=O)C=Cc1ccoc1)c1ccc(-c2ccccc2)cc1. The largest absolute Gasteiger partial charge is 0.472 e. The van der Waals surface area contributed by atoms with E-state index in [4.69, 9.17) is 4.42 Å². The molecule has 0 aliphatic rings. The highest BCUT2D eigenvalue weighted by molar-refractivity contribution is 5.91. The van der Waals surface area contributed by atoms with Gasteiger partial charge in [-0.1, -0.05) is 54.6 Å². The minimum Gasteiger partial charge on any atom is -0.472 e. The minimum atomic E-state index is -1.16. The van der Waals surface area contributed by atoms with Crippen LogP contribution in [0, 0.1) is 0 Å². The quantitative estimate of drug-likeness (QED) is 0.663. The Morgan fingerprint density at radius 1 is 1.08 bits per heavy atom. The van der Waals surface area contributed by atoms with Gasteiger partial charge < -0.3 is 14.8 Å². The van der Waals surface area contributed by atoms with Crippen molar-refractivity contribution in [1.82, 2.24) is 5.32 Å². The Labute approximate surface area is 152 Å². The molecule has 1 unspecified atom stereocenters. The molecule has 0 radical (unpaired) electrons. The number of carbonyl (C=O) groups is 1. The maximum Gasteiger partial charge on any atom is 0.244 e. The lowest BCUT2D eigenvalue weighted by molar-refractivity contribution is -0.117. The van der Waals surface area contributed by atoms with Gasteiger partial charge in [-0.05, 0) is 35.8 Å². The first-order valence-corrected chi connectivity index (χ1v) is 8.41. The number of aliphatic hydroxyl groups is 1. The Bertz CT molecular complexity index is 864. The van der Waals surface area contributed by atoms with E-state index in [1.165, 1.54) is 6.08 Å². The molecule has 2 aromatic carbocycles. The van der Waals surface area contributed by atoms with Gasteiger partial charge in [-0.15, -0.1) is 0 Å². The first kappa shape index (κ1) is 17.7. The molecule has 3 rings (SSSR count). The second-order valence-corrected chi connectivity index (χ2v) is 6.33. The van der Waals surface area contributed by atoms with Gasteiger partial charge in [0.05, 0.1) is 19.1 Å². The highest BCUT2D eigenvalue weighted by Gasteiger charge is 2.23. The normalized spacial score (nSPS) is 13.5. The molecule has 0 aliphatic carbocycles. The molecule has 0 bridgehead atoms. The Morgan fingerprint density at radius 2 is 1.77 bits per heavy atom. The lowest BCUT2D eigenvalue weighted by atomic mass is 9.93. The van der Waals surface area contributed by atoms with Crippen molar-refractivity contribution in [3.63, 3.8) is 0 Å². The third-order valence-corrected chi connectivity index (χ3v) is 4.19. The summed E-state index contributed by atoms with van der Waals surface area (Å²) in [5, 5.41) is 13.4. The number of benzene rings is 2. The van der Waals surface area contributed by atoms with Crippen molar-refractivity contribution in [2.45, 2.75) is 12.5 Å². The summed E-state index contributed by atoms with van der Waals surface area (Å²) in [6.07, 6.45) is 6.16. The molecule has 4 nitrogen and oxygen atoms in total. The number of rotatable bonds is 6. The minimum absolute atomic E-state index is 0.117. The molecule has 1 aromatic heterocycles. The van der Waals surface area contributed by atoms with Crippen molar-refractivity contribution in [3.8, 4) is 11.1 Å². The Balaban J connectivity index is 1.61. The summed E-state index contributed by atoms with van der Waals surface area (Å²) in [4.78, 5) is 11.9. The molecule has 0 aliphatic heterocycles. The van der Waals surface area contributed by atoms with Crippen LogP contribution < -0.4 is 5.32 Å². The molecule has 0 spiro atoms. The highest BCUT2D eigenvalue weighted by atomic mass is 16.3. The number of amides is 1. The summed E-state index contributed by atoms with van der Waals surface area (Å²) in [6.45, 7) is 1.80. The fourth-order valence-electron chi connectivity index (χ4n) is 2.61. The molecular formula is C22H21NO3. The molecule has 0 saturated carbocycles. The second-order valence-electron chi connectivity index (χ2n) is 6.33. The molecule has 4 heteroatoms. The molecule has 1 amide bonds. The number of nitrogens with one attached hydrogen (secondary N) is 1. The second kappa shape index (κ2) is 7.85. The van der Waals surface area contributed by atoms with Gasteiger partial charge >= 0.3 is 0 Å². The zero-order chi connectivity index (χ0) is 18.4. The molecule has 3 aromatic rings. The van der Waals surface area contributed by atoms with E-state index in [0.29, 0.717) is 0 Å². The van der Waals surface area contributed by atoms with E-state index >= 15 is 0 Å². The lowest BCUT2D eigenvalue weighted by Crippen LogP contribution is -2.37. The van der Waals surface area contributed by atoms with E-state index in [0.717, 1.165) is 22.3 Å². The van der Waals surface area contributed by atoms with Crippen LogP contribution in [-0.4, -0.2) is 17.6 Å². The van der Waals surface area contributed by atoms with E-state index in [1.54, 1.807) is 31.6 Å². The number of hydrogen-bond acceptors (Lipinski definition) is 3. The molecule has 1 atom stereocenters. The van der Waals surface area contributed by atoms with Gasteiger partial charge in [-0.25, -0.2) is 0 Å². The van der Waals surface area contributed by atoms with Crippen molar-refractivity contribution in [2.24, 2.45) is 0 Å². The van der Waals surface area contributed by atoms with Crippen LogP contribution in [0.2, 0.25) is 0 Å². The van der Waals surface area contributed by atoms with Crippen LogP contribution in [0.5, 0.6) is 0 Å². The van der Waals surface area contributed by atoms with Gasteiger partial charge in [0.25, 0.3) is 0 Å². The summed E-state index contributed by atoms with van der Waals surface area (Å²) in [5.41, 5.74) is 2.60. The summed E-state index contributed by atoms with van der Waals surface area (Å²) < 4.78 is 4.94. The first-order chi connectivity index (χ1) is 12.5. The van der Waals surface area contributed by atoms with Crippen LogP contribution in [0.1, 0.15) is 18.1 Å². The number of carbonyl (C=O) groups excluding carboxylic acids is 1. The Kier molecular flexibility index (Phi) is 5.34. The fourth-order valence-corrected chi connectivity index (χ4v) is 2.61. The first-order valence-electron chi connectivity index (χ1n) is 8.41. The molecule has 0 saturated heterocycles. The van der Waals surface area contributed by atoms with Crippen LogP contribution in [0.25, 0.3) is 17.2 Å². The molecule has 26 heavy (non-hydrogen) atoms. The standard InChI is InChI=1S/C22H21NO3/c1-22(25,16-23-21(24)12-7-17-13-14-26-15-17)20-10-8-19(9-11-20)18-5-3-2-4-6-18/h2-15,25H,16H2,1H3,(H,23,24). The monoisotopic (exact) mass is 347 g/mol. The van der Waals surface area contributed by atoms with Gasteiger partial charge in [0.2, 0.25) is 5.91 Å². The van der Waals surface area contributed by atoms with Crippen LogP contribution in [0.3, 0.4) is 0 Å². The van der Waals surface area contributed by atoms with Gasteiger partial charge in [-0.2, -0.15) is 0 Å². The summed E-state index contributed by atoms with van der Waals surface area (Å²) in [6, 6.07) is 19.5. The molecule has 0 fully saturated rings. The van der Waals surface area contributed by atoms with E-state index in [9.17, 15) is 9.90 Å². The zero-order valence-corrected chi connectivity index (χ0v) is 14.6. The third-order valence-electron chi connectivity index (χ3n) is 4.19. The van der Waals surface area contributed by atoms with Gasteiger partial charge in [0.1, 0.15) is 5.60 Å². The highest BCUT2D eigenvalue weighted by Crippen LogP contribution is 2.24. The van der Waals surface area contributed by atoms with Crippen molar-refractivity contribution in [2.75, 3.05) is 6.54 Å². The predicted molar refractivity (Wildman–Crippen MR) is 102 cm³/mol. The van der Waals surface area contributed by atoms with E-state index in [1.807, 2.05) is 54.6 Å². The van der Waals surface area contributed by atoms with Crippen molar-refractivity contribution >= 4 is 12.0 Å². The maximum atomic E-state index is 11.9. The van der Waals surface area contributed by atoms with Crippen molar-refractivity contribution < 1.29 is 14.3 Å². The van der Waals surface area contributed by atoms with E-state index in [2.05, 4.69) is 5.32 Å². The predicted octanol–water partition coefficient (Wildman–Crippen LogP) is 3.98. The topological polar surface area (TPSA) is 62.5 Å². The average molecular weight is 347 g/mol. The Hall–Kier alpha value is -3.11. The van der Waals surface area contributed by atoms with Crippen molar-refractivity contribution in [1.29, 1.82) is 0 Å². The van der Waals surface area contributed by atoms with Gasteiger partial charge in [0.15, 0.2) is 0 Å². The zero-order valence-electron chi connectivity index (χ0n) is 14.6. The number of hydrogen-bond donors (Lipinski definition) is 2. The average Bonchev–Trinajstić information content (AvgIpc) is 3.19. The van der Waals surface area contributed by atoms with Gasteiger partial charge in [0, 0.05) is 11.6 Å². The molecular weight excluding hydrogens is 326 g/mol. The maximum absolute atomic E-state index is 11.9. The summed E-state index contributed by atoms with van der Waals surface area (Å²) in [5.74, 6) is -0.271. The molecule has 132 valence electrons. The molecule has 1 heterocycles. The fraction of sp³-hybridized carbons (Fsp3) is 0.136. The van der Waals surface area contributed by atoms with Crippen LogP contribution in [-0.2, 0) is 10.4 Å². The van der Waals surface area contributed by atoms with Crippen LogP contribution in [0.15, 0.2) is 83.7 Å². The summed E-state index contributed by atoms with van der Waals surface area (Å²) in [7, 11) is 0. The van der Waals surface area contributed by atoms with E-state index < -0.39 is 5.60 Å². The lowest BCUT2D eigenvalue weighted by Gasteiger charge is -2.24. The molecule has 2 N–H and O–H groups in total. The summed E-state index contributed by atoms with van der Waals surface area (Å²) >= 11 is 0. The van der Waals surface area contributed by atoms with E-state index in [-0.39, 0.29) is 12.5 Å².